The van der Waals surface area contributed by atoms with Crippen LogP contribution < -0.4 is 11.2 Å². The Morgan fingerprint density at radius 2 is 1.42 bits per heavy atom. The number of aromatic amines is 1. The summed E-state index contributed by atoms with van der Waals surface area (Å²) in [6.07, 6.45) is -2.27. The molecule has 1 aliphatic heterocycles. The second kappa shape index (κ2) is 12.5. The van der Waals surface area contributed by atoms with Gasteiger partial charge in [0.2, 0.25) is 5.60 Å². The molecular formula is C32H26N2O9. The molecule has 11 nitrogen and oxygen atoms in total. The summed E-state index contributed by atoms with van der Waals surface area (Å²) in [5.74, 6) is -2.46. The first-order chi connectivity index (χ1) is 21.3. The van der Waals surface area contributed by atoms with Crippen LogP contribution in [0.2, 0.25) is 0 Å². The lowest BCUT2D eigenvalue weighted by atomic mass is 9.91. The van der Waals surface area contributed by atoms with E-state index in [1.165, 1.54) is 36.4 Å². The zero-order chi connectivity index (χ0) is 31.1. The lowest BCUT2D eigenvalue weighted by Gasteiger charge is -2.34. The van der Waals surface area contributed by atoms with Crippen LogP contribution in [0.15, 0.2) is 125 Å². The van der Waals surface area contributed by atoms with Crippen LogP contribution in [0.25, 0.3) is 0 Å². The molecule has 1 fully saturated rings. The highest BCUT2D eigenvalue weighted by molar-refractivity contribution is 5.91. The number of H-pyrrole nitrogens is 1. The van der Waals surface area contributed by atoms with E-state index >= 15 is 0 Å². The van der Waals surface area contributed by atoms with Crippen LogP contribution in [0.1, 0.15) is 38.7 Å². The van der Waals surface area contributed by atoms with Gasteiger partial charge in [-0.05, 0) is 42.5 Å². The number of carbonyl (C=O) groups excluding carboxylic acids is 3. The third-order valence-electron chi connectivity index (χ3n) is 6.79. The number of nitrogens with one attached hydrogen (secondary N) is 1. The Hall–Kier alpha value is -5.55. The highest BCUT2D eigenvalue weighted by Gasteiger charge is 2.62. The second-order valence-corrected chi connectivity index (χ2v) is 9.46. The fourth-order valence-corrected chi connectivity index (χ4v) is 4.63. The van der Waals surface area contributed by atoms with Crippen LogP contribution in [0.5, 0.6) is 0 Å². The van der Waals surface area contributed by atoms with Gasteiger partial charge in [0, 0.05) is 12.3 Å². The Bertz CT molecular complexity index is 1770. The van der Waals surface area contributed by atoms with Crippen molar-refractivity contribution >= 4 is 17.9 Å². The third kappa shape index (κ3) is 6.07. The lowest BCUT2D eigenvalue weighted by molar-refractivity contribution is -0.0830. The number of hydrogen-bond donors (Lipinski definition) is 1. The predicted octanol–water partition coefficient (Wildman–Crippen LogP) is 3.30. The molecule has 0 radical (unpaired) electrons. The summed E-state index contributed by atoms with van der Waals surface area (Å²) >= 11 is 0. The van der Waals surface area contributed by atoms with Crippen molar-refractivity contribution in [3.63, 3.8) is 0 Å². The number of aromatic nitrogens is 2. The normalized spacial score (nSPS) is 21.6. The molecule has 5 rings (SSSR count). The number of nitrogens with zero attached hydrogens (tertiary/aromatic N) is 1. The Labute approximate surface area is 246 Å². The molecule has 1 saturated heterocycles. The maximum absolute atomic E-state index is 13.5. The third-order valence-corrected chi connectivity index (χ3v) is 6.79. The molecule has 0 amide bonds. The molecule has 1 N–H and O–H groups in total. The lowest BCUT2D eigenvalue weighted by Crippen LogP contribution is -2.53. The van der Waals surface area contributed by atoms with Gasteiger partial charge in [0.1, 0.15) is 12.7 Å². The monoisotopic (exact) mass is 583 g/mol. The van der Waals surface area contributed by atoms with Crippen LogP contribution in [-0.2, 0) is 18.9 Å². The zero-order valence-electron chi connectivity index (χ0n) is 23.5. The van der Waals surface area contributed by atoms with Gasteiger partial charge in [0.05, 0.1) is 18.1 Å². The number of rotatable bonds is 9. The molecule has 1 aromatic heterocycles. The fourth-order valence-electron chi connectivity index (χ4n) is 4.63. The molecule has 1 aliphatic rings. The van der Waals surface area contributed by atoms with Crippen molar-refractivity contribution in [3.05, 3.63) is 153 Å². The number of esters is 3. The van der Waals surface area contributed by atoms with Crippen molar-refractivity contribution < 1.29 is 34.7 Å². The van der Waals surface area contributed by atoms with Crippen molar-refractivity contribution in [2.24, 2.45) is 0 Å². The summed E-state index contributed by atoms with van der Waals surface area (Å²) in [6.45, 7) is 0.267. The summed E-state index contributed by atoms with van der Waals surface area (Å²) in [5.41, 5.74) is -3.21. The standard InChI is InChI=1S/C32H26N2O9/c1-2-32(43-30(38)23-16-10-5-11-17-23)24(20-40-28(36)21-12-6-3-7-13-21)41-27(34-19-18-25(35)33-31(34)39)26(32)42-29(37)22-14-8-4-9-15-22/h2-19,24,26-27H,1,20H2,(H,33,35,39)/t24-,26+,27?,32-/m1/s1/i1D. The van der Waals surface area contributed by atoms with E-state index in [0.29, 0.717) is 0 Å². The van der Waals surface area contributed by atoms with Crippen LogP contribution in [-0.4, -0.2) is 51.9 Å². The minimum atomic E-state index is -2.10. The molecule has 0 saturated carbocycles. The number of benzene rings is 3. The van der Waals surface area contributed by atoms with Gasteiger partial charge in [0.25, 0.3) is 5.56 Å². The summed E-state index contributed by atoms with van der Waals surface area (Å²) in [5, 5.41) is 0. The van der Waals surface area contributed by atoms with Gasteiger partial charge < -0.3 is 18.9 Å². The second-order valence-electron chi connectivity index (χ2n) is 9.46. The molecule has 0 spiro atoms. The quantitative estimate of drug-likeness (QED) is 0.178. The maximum atomic E-state index is 13.5. The zero-order valence-corrected chi connectivity index (χ0v) is 22.5. The summed E-state index contributed by atoms with van der Waals surface area (Å²) < 4.78 is 32.6. The summed E-state index contributed by atoms with van der Waals surface area (Å²) in [7, 11) is 0. The summed E-state index contributed by atoms with van der Waals surface area (Å²) in [6, 6.07) is 25.0. The first-order valence-electron chi connectivity index (χ1n) is 13.7. The van der Waals surface area contributed by atoms with Gasteiger partial charge in [0.15, 0.2) is 12.3 Å². The number of hydrogen-bond acceptors (Lipinski definition) is 9. The van der Waals surface area contributed by atoms with Gasteiger partial charge in [-0.1, -0.05) is 61.2 Å². The van der Waals surface area contributed by atoms with Crippen molar-refractivity contribution in [1.29, 1.82) is 0 Å². The van der Waals surface area contributed by atoms with Crippen LogP contribution >= 0.6 is 0 Å². The first kappa shape index (κ1) is 27.6. The molecule has 43 heavy (non-hydrogen) atoms. The topological polar surface area (TPSA) is 143 Å². The van der Waals surface area contributed by atoms with E-state index in [2.05, 4.69) is 4.98 Å². The van der Waals surface area contributed by atoms with Gasteiger partial charge in [-0.2, -0.15) is 0 Å². The van der Waals surface area contributed by atoms with E-state index in [1.807, 2.05) is 0 Å². The average Bonchev–Trinajstić information content (AvgIpc) is 3.32. The van der Waals surface area contributed by atoms with Crippen molar-refractivity contribution in [1.82, 2.24) is 9.55 Å². The van der Waals surface area contributed by atoms with E-state index in [0.717, 1.165) is 29.5 Å². The van der Waals surface area contributed by atoms with E-state index in [1.54, 1.807) is 54.6 Å². The number of ether oxygens (including phenoxy) is 4. The molecule has 3 aromatic carbocycles. The van der Waals surface area contributed by atoms with Gasteiger partial charge >= 0.3 is 23.6 Å². The highest BCUT2D eigenvalue weighted by atomic mass is 16.7. The average molecular weight is 584 g/mol. The largest absolute Gasteiger partial charge is 0.459 e. The molecular weight excluding hydrogens is 556 g/mol. The molecule has 4 aromatic rings. The maximum Gasteiger partial charge on any atom is 0.339 e. The van der Waals surface area contributed by atoms with Gasteiger partial charge in [-0.25, -0.2) is 19.2 Å². The van der Waals surface area contributed by atoms with E-state index in [9.17, 15) is 24.0 Å². The molecule has 2 heterocycles. The van der Waals surface area contributed by atoms with Crippen LogP contribution in [0.3, 0.4) is 0 Å². The predicted molar refractivity (Wildman–Crippen MR) is 152 cm³/mol. The Morgan fingerprint density at radius 3 is 1.98 bits per heavy atom. The molecule has 218 valence electrons. The molecule has 11 heteroatoms. The first-order valence-corrected chi connectivity index (χ1v) is 13.1. The van der Waals surface area contributed by atoms with Crippen molar-refractivity contribution in [3.8, 4) is 0 Å². The van der Waals surface area contributed by atoms with Gasteiger partial charge in [-0.15, -0.1) is 0 Å². The highest BCUT2D eigenvalue weighted by Crippen LogP contribution is 2.43. The van der Waals surface area contributed by atoms with Crippen molar-refractivity contribution in [2.75, 3.05) is 6.61 Å². The van der Waals surface area contributed by atoms with Gasteiger partial charge in [-0.3, -0.25) is 14.3 Å². The minimum Gasteiger partial charge on any atom is -0.459 e. The van der Waals surface area contributed by atoms with Crippen LogP contribution in [0.4, 0.5) is 0 Å². The van der Waals surface area contributed by atoms with E-state index < -0.39 is 59.8 Å². The Kier molecular flexibility index (Phi) is 8.05. The molecule has 1 unspecified atom stereocenters. The Morgan fingerprint density at radius 1 is 0.860 bits per heavy atom. The van der Waals surface area contributed by atoms with Crippen molar-refractivity contribution in [2.45, 2.75) is 24.0 Å². The van der Waals surface area contributed by atoms with Crippen LogP contribution in [0, 0.1) is 0 Å². The molecule has 0 aliphatic carbocycles. The SMILES string of the molecule is [2H]C=C[C@@]1(OC(=O)c2ccccc2)[C@@H](COC(=O)c2ccccc2)OC(n2ccc(=O)[nH]c2=O)[C@@H]1OC(=O)c1ccccc1. The fraction of sp³-hybridized carbons (Fsp3) is 0.156. The molecule has 4 atom stereocenters. The minimum absolute atomic E-state index is 0.128. The van der Waals surface area contributed by atoms with E-state index in [4.69, 9.17) is 20.3 Å². The smallest absolute Gasteiger partial charge is 0.339 e. The number of carbonyl (C=O) groups is 3. The summed E-state index contributed by atoms with van der Waals surface area (Å²) in [4.78, 5) is 66.7. The Balaban J connectivity index is 1.61. The van der Waals surface area contributed by atoms with E-state index in [-0.39, 0.29) is 16.7 Å². The molecule has 0 bridgehead atoms.